The van der Waals surface area contributed by atoms with E-state index in [1.165, 1.54) is 43.8 Å². The smallest absolute Gasteiger partial charge is 0.237 e. The zero-order valence-corrected chi connectivity index (χ0v) is 12.6. The molecule has 0 fully saturated rings. The Balaban J connectivity index is 1.73. The fraction of sp³-hybridized carbons (Fsp3) is 0.600. The minimum absolute atomic E-state index is 1.17. The van der Waals surface area contributed by atoms with Crippen LogP contribution in [0.2, 0.25) is 0 Å². The summed E-state index contributed by atoms with van der Waals surface area (Å²) in [5.41, 5.74) is 0. The third-order valence-corrected chi connectivity index (χ3v) is 3.96. The Labute approximate surface area is 115 Å². The maximum absolute atomic E-state index is 2.22. The normalized spacial score (nSPS) is 11.2. The predicted molar refractivity (Wildman–Crippen MR) is 74.4 cm³/mol. The highest BCUT2D eigenvalue weighted by Crippen LogP contribution is 2.06. The van der Waals surface area contributed by atoms with Crippen molar-refractivity contribution in [2.24, 2.45) is 28.2 Å². The van der Waals surface area contributed by atoms with E-state index in [-0.39, 0.29) is 0 Å². The van der Waals surface area contributed by atoms with Gasteiger partial charge in [-0.2, -0.15) is 0 Å². The topological polar surface area (TPSA) is 17.6 Å². The molecule has 0 radical (unpaired) electrons. The molecule has 0 aliphatic rings. The van der Waals surface area contributed by atoms with Gasteiger partial charge in [-0.25, -0.2) is 18.3 Å². The van der Waals surface area contributed by atoms with E-state index in [4.69, 9.17) is 0 Å². The summed E-state index contributed by atoms with van der Waals surface area (Å²) in [4.78, 5) is 0. The van der Waals surface area contributed by atoms with Crippen LogP contribution >= 0.6 is 0 Å². The van der Waals surface area contributed by atoms with Gasteiger partial charge in [0.15, 0.2) is 0 Å². The monoisotopic (exact) mass is 262 g/mol. The number of aryl methyl sites for hydroxylation is 4. The van der Waals surface area contributed by atoms with Crippen LogP contribution in [0.3, 0.4) is 0 Å². The standard InChI is InChI=1S/C15H26N4/c1-16-10-11-17(2)14(16)8-6-5-7-9-15-18(3)12-13-19(15)4/h10-13H,5-9H2,1-4H3/q+2. The highest BCUT2D eigenvalue weighted by atomic mass is 15.1. The van der Waals surface area contributed by atoms with E-state index in [0.717, 1.165) is 0 Å². The van der Waals surface area contributed by atoms with Crippen molar-refractivity contribution in [3.05, 3.63) is 36.4 Å². The molecule has 0 spiro atoms. The van der Waals surface area contributed by atoms with Gasteiger partial charge in [-0.15, -0.1) is 0 Å². The predicted octanol–water partition coefficient (Wildman–Crippen LogP) is 0.968. The summed E-state index contributed by atoms with van der Waals surface area (Å²) >= 11 is 0. The minimum Gasteiger partial charge on any atom is -0.237 e. The molecule has 0 aromatic carbocycles. The second kappa shape index (κ2) is 6.04. The molecule has 0 aliphatic carbocycles. The van der Waals surface area contributed by atoms with E-state index in [9.17, 15) is 0 Å². The first-order valence-corrected chi connectivity index (χ1v) is 7.09. The molecule has 0 aliphatic heterocycles. The summed E-state index contributed by atoms with van der Waals surface area (Å²) in [6.07, 6.45) is 14.6. The quantitative estimate of drug-likeness (QED) is 0.545. The van der Waals surface area contributed by atoms with Crippen LogP contribution in [0.1, 0.15) is 30.9 Å². The van der Waals surface area contributed by atoms with Crippen LogP contribution in [-0.4, -0.2) is 9.13 Å². The molecule has 2 aromatic heterocycles. The molecule has 0 saturated carbocycles. The van der Waals surface area contributed by atoms with Gasteiger partial charge in [0, 0.05) is 12.8 Å². The fourth-order valence-corrected chi connectivity index (χ4v) is 2.69. The summed E-state index contributed by atoms with van der Waals surface area (Å²) in [5.74, 6) is 2.81. The summed E-state index contributed by atoms with van der Waals surface area (Å²) in [6.45, 7) is 0. The first-order valence-electron chi connectivity index (χ1n) is 7.09. The van der Waals surface area contributed by atoms with Crippen molar-refractivity contribution in [3.63, 3.8) is 0 Å². The van der Waals surface area contributed by atoms with Crippen molar-refractivity contribution in [3.8, 4) is 0 Å². The summed E-state index contributed by atoms with van der Waals surface area (Å²) in [5, 5.41) is 0. The SMILES string of the molecule is Cn1cc[n+](C)c1CCCCCc1n(C)cc[n+]1C. The Hall–Kier alpha value is -1.58. The highest BCUT2D eigenvalue weighted by molar-refractivity contribution is 4.83. The molecule has 2 heterocycles. The van der Waals surface area contributed by atoms with Gasteiger partial charge in [-0.1, -0.05) is 6.42 Å². The van der Waals surface area contributed by atoms with Gasteiger partial charge < -0.3 is 0 Å². The number of rotatable bonds is 6. The highest BCUT2D eigenvalue weighted by Gasteiger charge is 2.12. The fourth-order valence-electron chi connectivity index (χ4n) is 2.69. The van der Waals surface area contributed by atoms with Crippen molar-refractivity contribution < 1.29 is 9.13 Å². The largest absolute Gasteiger partial charge is 0.255 e. The molecule has 0 saturated heterocycles. The average Bonchev–Trinajstić information content (AvgIpc) is 2.86. The third kappa shape index (κ3) is 3.25. The van der Waals surface area contributed by atoms with Gasteiger partial charge in [0.25, 0.3) is 11.6 Å². The summed E-state index contributed by atoms with van der Waals surface area (Å²) in [6, 6.07) is 0. The van der Waals surface area contributed by atoms with Crippen LogP contribution in [0.25, 0.3) is 0 Å². The van der Waals surface area contributed by atoms with E-state index < -0.39 is 0 Å². The van der Waals surface area contributed by atoms with E-state index in [1.54, 1.807) is 0 Å². The van der Waals surface area contributed by atoms with Crippen LogP contribution in [0.4, 0.5) is 0 Å². The maximum Gasteiger partial charge on any atom is 0.255 e. The summed E-state index contributed by atoms with van der Waals surface area (Å²) < 4.78 is 8.88. The molecule has 0 N–H and O–H groups in total. The van der Waals surface area contributed by atoms with E-state index in [0.29, 0.717) is 0 Å². The first kappa shape index (κ1) is 13.8. The lowest BCUT2D eigenvalue weighted by atomic mass is 10.1. The molecule has 0 amide bonds. The molecule has 104 valence electrons. The molecular weight excluding hydrogens is 236 g/mol. The van der Waals surface area contributed by atoms with Gasteiger partial charge in [-0.3, -0.25) is 0 Å². The van der Waals surface area contributed by atoms with Crippen LogP contribution in [0.5, 0.6) is 0 Å². The van der Waals surface area contributed by atoms with E-state index in [2.05, 4.69) is 71.2 Å². The molecule has 2 rings (SSSR count). The van der Waals surface area contributed by atoms with Crippen molar-refractivity contribution >= 4 is 0 Å². The molecule has 19 heavy (non-hydrogen) atoms. The van der Waals surface area contributed by atoms with Crippen LogP contribution in [0, 0.1) is 0 Å². The molecule has 0 unspecified atom stereocenters. The lowest BCUT2D eigenvalue weighted by Gasteiger charge is -2.00. The number of hydrogen-bond donors (Lipinski definition) is 0. The Morgan fingerprint density at radius 1 is 0.789 bits per heavy atom. The third-order valence-electron chi connectivity index (χ3n) is 3.96. The Morgan fingerprint density at radius 2 is 1.21 bits per heavy atom. The summed E-state index contributed by atoms with van der Waals surface area (Å²) in [7, 11) is 8.50. The van der Waals surface area contributed by atoms with Gasteiger partial charge in [-0.05, 0) is 12.8 Å². The molecule has 4 heteroatoms. The van der Waals surface area contributed by atoms with Crippen molar-refractivity contribution in [1.82, 2.24) is 9.13 Å². The number of unbranched alkanes of at least 4 members (excludes halogenated alkanes) is 2. The number of hydrogen-bond acceptors (Lipinski definition) is 0. The van der Waals surface area contributed by atoms with Crippen LogP contribution in [0.15, 0.2) is 24.8 Å². The zero-order chi connectivity index (χ0) is 13.8. The minimum atomic E-state index is 1.17. The lowest BCUT2D eigenvalue weighted by molar-refractivity contribution is -0.678. The number of nitrogens with zero attached hydrogens (tertiary/aromatic N) is 4. The Bertz CT molecular complexity index is 449. The maximum atomic E-state index is 2.22. The van der Waals surface area contributed by atoms with Crippen LogP contribution in [-0.2, 0) is 41.0 Å². The lowest BCUT2D eigenvalue weighted by Crippen LogP contribution is -2.32. The second-order valence-corrected chi connectivity index (χ2v) is 5.43. The zero-order valence-electron chi connectivity index (χ0n) is 12.6. The molecule has 0 bridgehead atoms. The second-order valence-electron chi connectivity index (χ2n) is 5.43. The number of imidazole rings is 2. The molecule has 0 atom stereocenters. The Kier molecular flexibility index (Phi) is 4.40. The molecule has 2 aromatic rings. The van der Waals surface area contributed by atoms with Crippen molar-refractivity contribution in [1.29, 1.82) is 0 Å². The van der Waals surface area contributed by atoms with Gasteiger partial charge >= 0.3 is 0 Å². The van der Waals surface area contributed by atoms with Gasteiger partial charge in [0.1, 0.15) is 24.8 Å². The molecule has 4 nitrogen and oxygen atoms in total. The average molecular weight is 262 g/mol. The van der Waals surface area contributed by atoms with Gasteiger partial charge in [0.05, 0.1) is 28.2 Å². The number of aromatic nitrogens is 4. The van der Waals surface area contributed by atoms with Crippen molar-refractivity contribution in [2.45, 2.75) is 32.1 Å². The van der Waals surface area contributed by atoms with E-state index >= 15 is 0 Å². The van der Waals surface area contributed by atoms with E-state index in [1.807, 2.05) is 0 Å². The first-order chi connectivity index (χ1) is 9.09. The van der Waals surface area contributed by atoms with Crippen LogP contribution < -0.4 is 9.13 Å². The van der Waals surface area contributed by atoms with Crippen molar-refractivity contribution in [2.75, 3.05) is 0 Å². The van der Waals surface area contributed by atoms with Gasteiger partial charge in [0.2, 0.25) is 0 Å². The Morgan fingerprint density at radius 3 is 1.53 bits per heavy atom. The molecular formula is C15H26N4+2.